The molecule has 2 aromatic rings. The van der Waals surface area contributed by atoms with Crippen LogP contribution in [0.15, 0.2) is 36.4 Å². The quantitative estimate of drug-likeness (QED) is 0.618. The monoisotopic (exact) mass is 393 g/mol. The second-order valence-corrected chi connectivity index (χ2v) is 6.76. The van der Waals surface area contributed by atoms with E-state index in [4.69, 9.17) is 7.94 Å². The summed E-state index contributed by atoms with van der Waals surface area (Å²) < 4.78 is 22.9. The lowest BCUT2D eigenvalue weighted by Crippen LogP contribution is -2.52. The number of carbonyl (C=O) groups excluding carboxylic acids is 3. The molecule has 0 unspecified atom stereocenters. The average molecular weight is 393 g/mol. The Balaban J connectivity index is 1.59. The van der Waals surface area contributed by atoms with Crippen LogP contribution in [-0.4, -0.2) is 28.6 Å². The van der Waals surface area contributed by atoms with Crippen molar-refractivity contribution in [3.05, 3.63) is 70.3 Å². The SMILES string of the molecule is [2H][C@@]1(N2Cc3c(NCc4cccc([N+]#[C-])c4F)cccc3C2=O)CCC(=O)NC1=O. The zero-order chi connectivity index (χ0) is 21.5. The van der Waals surface area contributed by atoms with Crippen LogP contribution in [0.25, 0.3) is 4.85 Å². The summed E-state index contributed by atoms with van der Waals surface area (Å²) in [5.41, 5.74) is 1.77. The van der Waals surface area contributed by atoms with Gasteiger partial charge in [0.25, 0.3) is 5.91 Å². The summed E-state index contributed by atoms with van der Waals surface area (Å²) in [5, 5.41) is 5.22. The topological polar surface area (TPSA) is 82.9 Å². The number of nitrogens with zero attached hydrogens (tertiary/aromatic N) is 2. The molecule has 2 N–H and O–H groups in total. The highest BCUT2D eigenvalue weighted by Gasteiger charge is 2.39. The van der Waals surface area contributed by atoms with Crippen molar-refractivity contribution in [2.75, 3.05) is 5.32 Å². The standard InChI is InChI=1S/C21H17FN4O3/c1-23-16-7-2-4-12(19(16)22)10-24-15-6-3-5-13-14(15)11-26(21(13)29)17-8-9-18(27)25-20(17)28/h2-7,17,24H,8-11H2,(H,25,27,28)/t17-/m1/s1/i17D. The Morgan fingerprint density at radius 3 is 2.83 bits per heavy atom. The first-order valence-electron chi connectivity index (χ1n) is 9.52. The molecular formula is C21H17FN4O3. The maximum Gasteiger partial charge on any atom is 0.255 e. The van der Waals surface area contributed by atoms with Crippen molar-refractivity contribution >= 4 is 29.1 Å². The Kier molecular flexibility index (Phi) is 4.41. The lowest BCUT2D eigenvalue weighted by molar-refractivity contribution is -0.136. The van der Waals surface area contributed by atoms with E-state index in [0.29, 0.717) is 22.4 Å². The van der Waals surface area contributed by atoms with Crippen LogP contribution in [0.4, 0.5) is 15.8 Å². The largest absolute Gasteiger partial charge is 0.381 e. The van der Waals surface area contributed by atoms with E-state index in [1.54, 1.807) is 30.3 Å². The van der Waals surface area contributed by atoms with Gasteiger partial charge < -0.3 is 10.2 Å². The van der Waals surface area contributed by atoms with Gasteiger partial charge in [-0.3, -0.25) is 19.7 Å². The third-order valence-electron chi connectivity index (χ3n) is 5.05. The Hall–Kier alpha value is -3.73. The number of benzene rings is 2. The fourth-order valence-electron chi connectivity index (χ4n) is 3.56. The van der Waals surface area contributed by atoms with Crippen LogP contribution in [0.3, 0.4) is 0 Å². The molecule has 29 heavy (non-hydrogen) atoms. The van der Waals surface area contributed by atoms with Crippen LogP contribution in [0.1, 0.15) is 35.7 Å². The summed E-state index contributed by atoms with van der Waals surface area (Å²) in [5.74, 6) is -2.33. The number of imide groups is 1. The Morgan fingerprint density at radius 2 is 2.07 bits per heavy atom. The molecule has 3 amide bonds. The fourth-order valence-corrected chi connectivity index (χ4v) is 3.56. The molecule has 8 heteroatoms. The van der Waals surface area contributed by atoms with Gasteiger partial charge in [0.1, 0.15) is 11.8 Å². The van der Waals surface area contributed by atoms with Crippen LogP contribution in [-0.2, 0) is 22.7 Å². The third kappa shape index (κ3) is 3.31. The van der Waals surface area contributed by atoms with E-state index >= 15 is 0 Å². The summed E-state index contributed by atoms with van der Waals surface area (Å²) in [6, 6.07) is 7.70. The van der Waals surface area contributed by atoms with E-state index in [9.17, 15) is 18.8 Å². The van der Waals surface area contributed by atoms with E-state index in [1.807, 2.05) is 0 Å². The first-order chi connectivity index (χ1) is 14.3. The van der Waals surface area contributed by atoms with Crippen molar-refractivity contribution in [3.63, 3.8) is 0 Å². The molecule has 0 radical (unpaired) electrons. The molecule has 2 heterocycles. The first kappa shape index (κ1) is 17.4. The molecule has 0 saturated carbocycles. The summed E-state index contributed by atoms with van der Waals surface area (Å²) in [4.78, 5) is 41.0. The van der Waals surface area contributed by atoms with Crippen molar-refractivity contribution in [2.45, 2.75) is 31.9 Å². The molecule has 4 rings (SSSR count). The maximum atomic E-state index is 14.3. The average Bonchev–Trinajstić information content (AvgIpc) is 3.08. The van der Waals surface area contributed by atoms with Gasteiger partial charge in [0.05, 0.1) is 7.94 Å². The maximum absolute atomic E-state index is 14.3. The number of fused-ring (bicyclic) bond motifs is 1. The van der Waals surface area contributed by atoms with Crippen molar-refractivity contribution in [3.8, 4) is 0 Å². The van der Waals surface area contributed by atoms with Crippen LogP contribution in [0.2, 0.25) is 0 Å². The second kappa shape index (κ2) is 7.36. The summed E-state index contributed by atoms with van der Waals surface area (Å²) >= 11 is 0. The van der Waals surface area contributed by atoms with E-state index in [2.05, 4.69) is 15.5 Å². The Labute approximate surface area is 167 Å². The van der Waals surface area contributed by atoms with Gasteiger partial charge in [-0.15, -0.1) is 0 Å². The van der Waals surface area contributed by atoms with E-state index in [0.717, 1.165) is 4.90 Å². The van der Waals surface area contributed by atoms with Gasteiger partial charge in [-0.1, -0.05) is 24.3 Å². The molecule has 146 valence electrons. The number of halogens is 1. The molecule has 0 bridgehead atoms. The molecule has 2 aromatic carbocycles. The smallest absolute Gasteiger partial charge is 0.255 e. The van der Waals surface area contributed by atoms with Gasteiger partial charge in [0.2, 0.25) is 17.5 Å². The summed E-state index contributed by atoms with van der Waals surface area (Å²) in [6.07, 6.45) is -0.0913. The third-order valence-corrected chi connectivity index (χ3v) is 5.05. The molecule has 0 spiro atoms. The lowest BCUT2D eigenvalue weighted by Gasteiger charge is -2.29. The van der Waals surface area contributed by atoms with Gasteiger partial charge in [-0.2, -0.15) is 0 Å². The van der Waals surface area contributed by atoms with Gasteiger partial charge >= 0.3 is 0 Å². The highest BCUT2D eigenvalue weighted by molar-refractivity contribution is 6.06. The molecule has 1 atom stereocenters. The van der Waals surface area contributed by atoms with Crippen LogP contribution >= 0.6 is 0 Å². The van der Waals surface area contributed by atoms with E-state index in [1.165, 1.54) is 6.07 Å². The van der Waals surface area contributed by atoms with E-state index in [-0.39, 0.29) is 31.6 Å². The van der Waals surface area contributed by atoms with Crippen LogP contribution in [0.5, 0.6) is 0 Å². The normalized spacial score (nSPS) is 21.3. The van der Waals surface area contributed by atoms with Gasteiger partial charge in [0, 0.05) is 36.3 Å². The summed E-state index contributed by atoms with van der Waals surface area (Å²) in [6.45, 7) is 7.14. The number of carbonyl (C=O) groups is 3. The number of amides is 3. The van der Waals surface area contributed by atoms with E-state index < -0.39 is 29.6 Å². The van der Waals surface area contributed by atoms with Gasteiger partial charge in [0.15, 0.2) is 0 Å². The molecule has 7 nitrogen and oxygen atoms in total. The van der Waals surface area contributed by atoms with Crippen LogP contribution in [0, 0.1) is 12.4 Å². The highest BCUT2D eigenvalue weighted by atomic mass is 19.1. The minimum atomic E-state index is -1.86. The van der Waals surface area contributed by atoms with Crippen molar-refractivity contribution in [2.24, 2.45) is 0 Å². The first-order valence-corrected chi connectivity index (χ1v) is 9.02. The Bertz CT molecular complexity index is 1130. The number of piperidine rings is 1. The summed E-state index contributed by atoms with van der Waals surface area (Å²) in [7, 11) is 0. The minimum absolute atomic E-state index is 0.0167. The fraction of sp³-hybridized carbons (Fsp3) is 0.238. The highest BCUT2D eigenvalue weighted by Crippen LogP contribution is 2.32. The molecule has 0 aliphatic carbocycles. The van der Waals surface area contributed by atoms with Gasteiger partial charge in [-0.25, -0.2) is 9.24 Å². The molecule has 0 aromatic heterocycles. The van der Waals surface area contributed by atoms with Gasteiger partial charge in [-0.05, 0) is 24.1 Å². The predicted octanol–water partition coefficient (Wildman–Crippen LogP) is 2.75. The molecule has 2 aliphatic rings. The number of hydrogen-bond donors (Lipinski definition) is 2. The minimum Gasteiger partial charge on any atom is -0.381 e. The number of rotatable bonds is 4. The molecule has 1 saturated heterocycles. The number of anilines is 1. The number of nitrogens with one attached hydrogen (secondary N) is 2. The number of hydrogen-bond acceptors (Lipinski definition) is 4. The zero-order valence-corrected chi connectivity index (χ0v) is 15.3. The predicted molar refractivity (Wildman–Crippen MR) is 102 cm³/mol. The molecule has 1 fully saturated rings. The van der Waals surface area contributed by atoms with Crippen LogP contribution < -0.4 is 10.6 Å². The van der Waals surface area contributed by atoms with Crippen molar-refractivity contribution in [1.82, 2.24) is 10.2 Å². The lowest BCUT2D eigenvalue weighted by atomic mass is 10.0. The second-order valence-electron chi connectivity index (χ2n) is 6.76. The molecular weight excluding hydrogens is 375 g/mol. The van der Waals surface area contributed by atoms with Crippen molar-refractivity contribution in [1.29, 1.82) is 0 Å². The Morgan fingerprint density at radius 1 is 1.28 bits per heavy atom. The van der Waals surface area contributed by atoms with Crippen molar-refractivity contribution < 1.29 is 20.1 Å². The molecule has 2 aliphatic heterocycles. The zero-order valence-electron chi connectivity index (χ0n) is 16.3.